The second-order valence-corrected chi connectivity index (χ2v) is 7.34. The molecular formula is C13H19ClN2O3S. The van der Waals surface area contributed by atoms with Crippen LogP contribution in [0.1, 0.15) is 25.3 Å². The number of hydrogen-bond donors (Lipinski definition) is 2. The van der Waals surface area contributed by atoms with Crippen LogP contribution in [0.3, 0.4) is 0 Å². The highest BCUT2D eigenvalue weighted by Gasteiger charge is 2.31. The van der Waals surface area contributed by atoms with E-state index in [0.29, 0.717) is 6.61 Å². The fourth-order valence-corrected chi connectivity index (χ4v) is 3.89. The van der Waals surface area contributed by atoms with Crippen molar-refractivity contribution in [3.05, 3.63) is 28.8 Å². The molecule has 0 aromatic heterocycles. The summed E-state index contributed by atoms with van der Waals surface area (Å²) in [7, 11) is -3.67. The van der Waals surface area contributed by atoms with Gasteiger partial charge in [0, 0.05) is 19.7 Å². The minimum Gasteiger partial charge on any atom is -0.374 e. The first-order chi connectivity index (χ1) is 9.36. The number of nitrogens with two attached hydrogens (primary N) is 1. The van der Waals surface area contributed by atoms with Gasteiger partial charge in [-0.05, 0) is 37.5 Å². The Morgan fingerprint density at radius 1 is 1.50 bits per heavy atom. The zero-order valence-electron chi connectivity index (χ0n) is 11.4. The van der Waals surface area contributed by atoms with E-state index in [9.17, 15) is 8.42 Å². The summed E-state index contributed by atoms with van der Waals surface area (Å²) in [5.74, 6) is 0. The molecule has 1 aromatic rings. The normalized spacial score (nSPS) is 23.1. The molecule has 2 rings (SSSR count). The van der Waals surface area contributed by atoms with Gasteiger partial charge in [-0.3, -0.25) is 0 Å². The summed E-state index contributed by atoms with van der Waals surface area (Å²) < 4.78 is 32.8. The van der Waals surface area contributed by atoms with Crippen LogP contribution >= 0.6 is 11.6 Å². The van der Waals surface area contributed by atoms with Gasteiger partial charge in [-0.1, -0.05) is 17.7 Å². The first-order valence-corrected chi connectivity index (χ1v) is 8.34. The van der Waals surface area contributed by atoms with Gasteiger partial charge < -0.3 is 10.5 Å². The van der Waals surface area contributed by atoms with Gasteiger partial charge in [0.2, 0.25) is 10.0 Å². The summed E-state index contributed by atoms with van der Waals surface area (Å²) in [6.07, 6.45) is 1.79. The molecule has 0 amide bonds. The molecule has 7 heteroatoms. The highest BCUT2D eigenvalue weighted by Crippen LogP contribution is 2.26. The third-order valence-electron chi connectivity index (χ3n) is 3.46. The van der Waals surface area contributed by atoms with Crippen molar-refractivity contribution < 1.29 is 13.2 Å². The van der Waals surface area contributed by atoms with Crippen molar-refractivity contribution in [1.82, 2.24) is 4.72 Å². The Kier molecular flexibility index (Phi) is 4.71. The number of sulfonamides is 1. The zero-order chi connectivity index (χ0) is 14.8. The van der Waals surface area contributed by atoms with E-state index in [0.717, 1.165) is 18.4 Å². The van der Waals surface area contributed by atoms with Crippen molar-refractivity contribution in [1.29, 1.82) is 0 Å². The van der Waals surface area contributed by atoms with Crippen LogP contribution in [-0.4, -0.2) is 27.2 Å². The lowest BCUT2D eigenvalue weighted by Gasteiger charge is -2.23. The number of benzene rings is 1. The molecular weight excluding hydrogens is 300 g/mol. The highest BCUT2D eigenvalue weighted by molar-refractivity contribution is 7.89. The molecule has 5 nitrogen and oxygen atoms in total. The number of rotatable bonds is 5. The van der Waals surface area contributed by atoms with Crippen molar-refractivity contribution in [2.75, 3.05) is 13.2 Å². The molecule has 1 aromatic carbocycles. The Morgan fingerprint density at radius 3 is 2.85 bits per heavy atom. The summed E-state index contributed by atoms with van der Waals surface area (Å²) in [5, 5.41) is 0.187. The minimum atomic E-state index is -3.67. The average molecular weight is 319 g/mol. The van der Waals surface area contributed by atoms with Gasteiger partial charge >= 0.3 is 0 Å². The van der Waals surface area contributed by atoms with E-state index in [2.05, 4.69) is 4.72 Å². The van der Waals surface area contributed by atoms with Crippen LogP contribution in [0.15, 0.2) is 23.1 Å². The maximum Gasteiger partial charge on any atom is 0.242 e. The molecule has 1 heterocycles. The van der Waals surface area contributed by atoms with Gasteiger partial charge in [-0.25, -0.2) is 13.1 Å². The number of hydrogen-bond acceptors (Lipinski definition) is 4. The predicted octanol–water partition coefficient (Wildman–Crippen LogP) is 1.65. The third-order valence-corrected chi connectivity index (χ3v) is 5.34. The van der Waals surface area contributed by atoms with Crippen molar-refractivity contribution in [2.24, 2.45) is 5.73 Å². The van der Waals surface area contributed by atoms with Crippen LogP contribution in [0.2, 0.25) is 5.02 Å². The lowest BCUT2D eigenvalue weighted by Crippen LogP contribution is -2.40. The summed E-state index contributed by atoms with van der Waals surface area (Å²) in [6.45, 7) is 3.07. The van der Waals surface area contributed by atoms with E-state index in [1.165, 1.54) is 6.07 Å². The Hall–Kier alpha value is -0.660. The van der Waals surface area contributed by atoms with Crippen LogP contribution in [0, 0.1) is 0 Å². The van der Waals surface area contributed by atoms with E-state index in [-0.39, 0.29) is 23.0 Å². The molecule has 1 aliphatic rings. The SMILES string of the molecule is CC1(CNS(=O)(=O)c2cc(CN)ccc2Cl)CCCO1. The molecule has 3 N–H and O–H groups in total. The number of ether oxygens (including phenoxy) is 1. The first kappa shape index (κ1) is 15.7. The molecule has 1 atom stereocenters. The highest BCUT2D eigenvalue weighted by atomic mass is 35.5. The second-order valence-electron chi connectivity index (χ2n) is 5.20. The summed E-state index contributed by atoms with van der Waals surface area (Å²) in [5.41, 5.74) is 5.81. The predicted molar refractivity (Wildman–Crippen MR) is 78.1 cm³/mol. The topological polar surface area (TPSA) is 81.4 Å². The Balaban J connectivity index is 2.17. The van der Waals surface area contributed by atoms with Crippen LogP contribution in [0.5, 0.6) is 0 Å². The van der Waals surface area contributed by atoms with Gasteiger partial charge in [0.05, 0.1) is 10.6 Å². The molecule has 0 spiro atoms. The third kappa shape index (κ3) is 3.51. The van der Waals surface area contributed by atoms with Crippen molar-refractivity contribution >= 4 is 21.6 Å². The number of nitrogens with one attached hydrogen (secondary N) is 1. The fraction of sp³-hybridized carbons (Fsp3) is 0.538. The van der Waals surface area contributed by atoms with Crippen LogP contribution in [0.4, 0.5) is 0 Å². The molecule has 1 saturated heterocycles. The van der Waals surface area contributed by atoms with Gasteiger partial charge in [0.25, 0.3) is 0 Å². The largest absolute Gasteiger partial charge is 0.374 e. The fourth-order valence-electron chi connectivity index (χ4n) is 2.18. The summed E-state index contributed by atoms with van der Waals surface area (Å²) in [4.78, 5) is 0.0590. The molecule has 1 fully saturated rings. The van der Waals surface area contributed by atoms with Crippen molar-refractivity contribution in [2.45, 2.75) is 36.8 Å². The maximum atomic E-state index is 12.3. The lowest BCUT2D eigenvalue weighted by atomic mass is 10.0. The summed E-state index contributed by atoms with van der Waals surface area (Å²) in [6, 6.07) is 4.76. The van der Waals surface area contributed by atoms with Crippen LogP contribution < -0.4 is 10.5 Å². The zero-order valence-corrected chi connectivity index (χ0v) is 12.9. The molecule has 0 saturated carbocycles. The number of halogens is 1. The minimum absolute atomic E-state index is 0.0590. The molecule has 0 radical (unpaired) electrons. The molecule has 1 unspecified atom stereocenters. The molecule has 1 aliphatic heterocycles. The van der Waals surface area contributed by atoms with Gasteiger partial charge in [-0.15, -0.1) is 0 Å². The van der Waals surface area contributed by atoms with Gasteiger partial charge in [-0.2, -0.15) is 0 Å². The quantitative estimate of drug-likeness (QED) is 0.865. The molecule has 0 aliphatic carbocycles. The van der Waals surface area contributed by atoms with Crippen molar-refractivity contribution in [3.63, 3.8) is 0 Å². The average Bonchev–Trinajstić information content (AvgIpc) is 2.85. The Labute approximate surface area is 124 Å². The van der Waals surface area contributed by atoms with Crippen molar-refractivity contribution in [3.8, 4) is 0 Å². The van der Waals surface area contributed by atoms with Gasteiger partial charge in [0.15, 0.2) is 0 Å². The Morgan fingerprint density at radius 2 is 2.25 bits per heavy atom. The monoisotopic (exact) mass is 318 g/mol. The van der Waals surface area contributed by atoms with Crippen LogP contribution in [0.25, 0.3) is 0 Å². The molecule has 112 valence electrons. The Bertz CT molecular complexity index is 583. The van der Waals surface area contributed by atoms with E-state index in [4.69, 9.17) is 22.1 Å². The van der Waals surface area contributed by atoms with E-state index in [1.807, 2.05) is 6.92 Å². The van der Waals surface area contributed by atoms with Crippen LogP contribution in [-0.2, 0) is 21.3 Å². The second kappa shape index (κ2) is 5.99. The van der Waals surface area contributed by atoms with E-state index >= 15 is 0 Å². The molecule has 0 bridgehead atoms. The van der Waals surface area contributed by atoms with E-state index < -0.39 is 15.6 Å². The maximum absolute atomic E-state index is 12.3. The standard InChI is InChI=1S/C13H19ClN2O3S/c1-13(5-2-6-19-13)9-16-20(17,18)12-7-10(8-15)3-4-11(12)14/h3-4,7,16H,2,5-6,8-9,15H2,1H3. The van der Waals surface area contributed by atoms with E-state index in [1.54, 1.807) is 12.1 Å². The smallest absolute Gasteiger partial charge is 0.242 e. The first-order valence-electron chi connectivity index (χ1n) is 6.48. The van der Waals surface area contributed by atoms with Gasteiger partial charge in [0.1, 0.15) is 4.90 Å². The summed E-state index contributed by atoms with van der Waals surface area (Å²) >= 11 is 5.98. The molecule has 20 heavy (non-hydrogen) atoms. The lowest BCUT2D eigenvalue weighted by molar-refractivity contribution is 0.0250.